The monoisotopic (exact) mass is 252 g/mol. The van der Waals surface area contributed by atoms with Crippen molar-refractivity contribution in [2.24, 2.45) is 11.8 Å². The molecule has 0 aliphatic heterocycles. The molecule has 0 bridgehead atoms. The van der Waals surface area contributed by atoms with Gasteiger partial charge < -0.3 is 0 Å². The smallest absolute Gasteiger partial charge is 0.207 e. The number of halogens is 4. The quantitative estimate of drug-likeness (QED) is 0.453. The third kappa shape index (κ3) is 3.14. The van der Waals surface area contributed by atoms with Crippen LogP contribution in [0.4, 0.5) is 17.6 Å². The number of hydrogen-bond donors (Lipinski definition) is 0. The predicted octanol–water partition coefficient (Wildman–Crippen LogP) is 5.03. The molecule has 0 heterocycles. The first kappa shape index (κ1) is 13.2. The van der Waals surface area contributed by atoms with Gasteiger partial charge in [-0.15, -0.1) is 0 Å². The Balaban J connectivity index is 2.00. The second-order valence-electron chi connectivity index (χ2n) is 5.66. The Morgan fingerprint density at radius 1 is 0.706 bits per heavy atom. The van der Waals surface area contributed by atoms with Crippen molar-refractivity contribution < 1.29 is 17.6 Å². The highest BCUT2D eigenvalue weighted by atomic mass is 19.3. The third-order valence-corrected chi connectivity index (χ3v) is 4.40. The van der Waals surface area contributed by atoms with Crippen LogP contribution in [0.2, 0.25) is 0 Å². The van der Waals surface area contributed by atoms with E-state index in [1.165, 1.54) is 0 Å². The van der Waals surface area contributed by atoms with Gasteiger partial charge in [0.1, 0.15) is 0 Å². The van der Waals surface area contributed by atoms with Gasteiger partial charge in [0, 0.05) is 25.2 Å². The summed E-state index contributed by atoms with van der Waals surface area (Å²) < 4.78 is 53.9. The maximum Gasteiger partial charge on any atom is 0.251 e. The van der Waals surface area contributed by atoms with E-state index in [0.29, 0.717) is 12.8 Å². The van der Waals surface area contributed by atoms with E-state index in [1.807, 2.05) is 0 Å². The molecule has 0 aromatic rings. The summed E-state index contributed by atoms with van der Waals surface area (Å²) in [6, 6.07) is 0. The summed E-state index contributed by atoms with van der Waals surface area (Å²) in [6.45, 7) is 0. The highest BCUT2D eigenvalue weighted by Crippen LogP contribution is 2.48. The van der Waals surface area contributed by atoms with E-state index in [1.54, 1.807) is 0 Å². The van der Waals surface area contributed by atoms with Crippen molar-refractivity contribution in [3.8, 4) is 0 Å². The van der Waals surface area contributed by atoms with Crippen molar-refractivity contribution in [1.82, 2.24) is 0 Å². The largest absolute Gasteiger partial charge is 0.251 e. The number of hydrogen-bond acceptors (Lipinski definition) is 0. The summed E-state index contributed by atoms with van der Waals surface area (Å²) >= 11 is 0. The fraction of sp³-hybridized carbons (Fsp3) is 1.00. The molecule has 4 heteroatoms. The van der Waals surface area contributed by atoms with Gasteiger partial charge in [-0.2, -0.15) is 0 Å². The van der Waals surface area contributed by atoms with Crippen molar-refractivity contribution in [1.29, 1.82) is 0 Å². The summed E-state index contributed by atoms with van der Waals surface area (Å²) in [5.74, 6) is -6.09. The van der Waals surface area contributed by atoms with Crippen molar-refractivity contribution >= 4 is 0 Å². The molecule has 0 aromatic heterocycles. The van der Waals surface area contributed by atoms with Crippen molar-refractivity contribution in [3.05, 3.63) is 0 Å². The summed E-state index contributed by atoms with van der Waals surface area (Å²) in [5.41, 5.74) is 0. The number of rotatable bonds is 1. The molecule has 2 aliphatic rings. The fourth-order valence-corrected chi connectivity index (χ4v) is 3.34. The molecule has 0 radical (unpaired) electrons. The van der Waals surface area contributed by atoms with Crippen LogP contribution in [-0.2, 0) is 0 Å². The van der Waals surface area contributed by atoms with E-state index in [9.17, 15) is 17.6 Å². The Morgan fingerprint density at radius 2 is 1.35 bits per heavy atom. The average Bonchev–Trinajstić information content (AvgIpc) is 2.40. The van der Waals surface area contributed by atoms with Gasteiger partial charge >= 0.3 is 0 Å². The molecule has 0 amide bonds. The molecule has 1 unspecified atom stereocenters. The minimum absolute atomic E-state index is 0.0510. The van der Waals surface area contributed by atoms with Gasteiger partial charge in [-0.3, -0.25) is 0 Å². The van der Waals surface area contributed by atoms with Crippen LogP contribution < -0.4 is 0 Å². The molecule has 2 saturated carbocycles. The molecular weight excluding hydrogens is 232 g/mol. The first-order valence-corrected chi connectivity index (χ1v) is 6.66. The lowest BCUT2D eigenvalue weighted by Crippen LogP contribution is -2.37. The van der Waals surface area contributed by atoms with Gasteiger partial charge in [-0.1, -0.05) is 12.8 Å². The maximum absolute atomic E-state index is 13.9. The summed E-state index contributed by atoms with van der Waals surface area (Å²) in [4.78, 5) is 0. The molecule has 0 nitrogen and oxygen atoms in total. The Labute approximate surface area is 99.8 Å². The molecule has 1 atom stereocenters. The minimum atomic E-state index is -2.63. The summed E-state index contributed by atoms with van der Waals surface area (Å²) in [6.07, 6.45) is 2.86. The normalized spacial score (nSPS) is 34.2. The zero-order valence-electron chi connectivity index (χ0n) is 10.0. The van der Waals surface area contributed by atoms with Crippen LogP contribution in [0.5, 0.6) is 0 Å². The molecule has 2 fully saturated rings. The lowest BCUT2D eigenvalue weighted by atomic mass is 9.74. The zero-order chi connectivity index (χ0) is 12.5. The van der Waals surface area contributed by atoms with Crippen LogP contribution in [0.3, 0.4) is 0 Å². The number of alkyl halides is 4. The van der Waals surface area contributed by atoms with Gasteiger partial charge in [-0.25, -0.2) is 17.6 Å². The molecule has 0 saturated heterocycles. The second kappa shape index (κ2) is 4.77. The Bertz CT molecular complexity index is 252. The Kier molecular flexibility index (Phi) is 3.69. The van der Waals surface area contributed by atoms with E-state index in [4.69, 9.17) is 0 Å². The topological polar surface area (TPSA) is 0 Å². The van der Waals surface area contributed by atoms with Crippen LogP contribution in [0, 0.1) is 11.8 Å². The first-order valence-electron chi connectivity index (χ1n) is 6.66. The van der Waals surface area contributed by atoms with Gasteiger partial charge in [0.2, 0.25) is 5.92 Å². The molecular formula is C13H20F4. The molecule has 0 N–H and O–H groups in total. The van der Waals surface area contributed by atoms with Crippen LogP contribution >= 0.6 is 0 Å². The zero-order valence-corrected chi connectivity index (χ0v) is 10.0. The van der Waals surface area contributed by atoms with E-state index in [2.05, 4.69) is 0 Å². The van der Waals surface area contributed by atoms with Crippen LogP contribution in [0.1, 0.15) is 57.8 Å². The molecule has 100 valence electrons. The standard InChI is InChI=1S/C13H20F4/c14-12(15)8-5-10(6-9-12)11-4-2-1-3-7-13(11,16)17/h10-11H,1-9H2. The molecule has 2 aliphatic carbocycles. The SMILES string of the molecule is FC1(F)CCC(C2CCCCCC2(F)F)CC1. The highest BCUT2D eigenvalue weighted by Gasteiger charge is 2.47. The molecule has 2 rings (SSSR count). The first-order chi connectivity index (χ1) is 7.91. The van der Waals surface area contributed by atoms with E-state index in [0.717, 1.165) is 12.8 Å². The molecule has 17 heavy (non-hydrogen) atoms. The van der Waals surface area contributed by atoms with Crippen LogP contribution in [0.15, 0.2) is 0 Å². The maximum atomic E-state index is 13.9. The van der Waals surface area contributed by atoms with Gasteiger partial charge in [0.15, 0.2) is 0 Å². The van der Waals surface area contributed by atoms with E-state index < -0.39 is 17.8 Å². The molecule has 0 spiro atoms. The fourth-order valence-electron chi connectivity index (χ4n) is 3.34. The van der Waals surface area contributed by atoms with E-state index >= 15 is 0 Å². The van der Waals surface area contributed by atoms with Crippen LogP contribution in [-0.4, -0.2) is 11.8 Å². The van der Waals surface area contributed by atoms with Crippen molar-refractivity contribution in [3.63, 3.8) is 0 Å². The van der Waals surface area contributed by atoms with Crippen molar-refractivity contribution in [2.45, 2.75) is 69.6 Å². The average molecular weight is 252 g/mol. The van der Waals surface area contributed by atoms with Gasteiger partial charge in [0.25, 0.3) is 5.92 Å². The van der Waals surface area contributed by atoms with Crippen LogP contribution in [0.25, 0.3) is 0 Å². The highest BCUT2D eigenvalue weighted by molar-refractivity contribution is 4.89. The van der Waals surface area contributed by atoms with Gasteiger partial charge in [-0.05, 0) is 31.6 Å². The third-order valence-electron chi connectivity index (χ3n) is 4.40. The van der Waals surface area contributed by atoms with Gasteiger partial charge in [0.05, 0.1) is 0 Å². The minimum Gasteiger partial charge on any atom is -0.207 e. The lowest BCUT2D eigenvalue weighted by Gasteiger charge is -2.37. The van der Waals surface area contributed by atoms with Crippen molar-refractivity contribution in [2.75, 3.05) is 0 Å². The lowest BCUT2D eigenvalue weighted by molar-refractivity contribution is -0.113. The Morgan fingerprint density at radius 3 is 2.00 bits per heavy atom. The molecule has 0 aromatic carbocycles. The summed E-state index contributed by atoms with van der Waals surface area (Å²) in [7, 11) is 0. The predicted molar refractivity (Wildman–Crippen MR) is 58.4 cm³/mol. The van der Waals surface area contributed by atoms with E-state index in [-0.39, 0.29) is 38.0 Å². The second-order valence-corrected chi connectivity index (χ2v) is 5.66. The Hall–Kier alpha value is -0.280. The summed E-state index contributed by atoms with van der Waals surface area (Å²) in [5, 5.41) is 0.